The summed E-state index contributed by atoms with van der Waals surface area (Å²) >= 11 is 1.57. The smallest absolute Gasteiger partial charge is 0.331 e. The van der Waals surface area contributed by atoms with Crippen molar-refractivity contribution in [1.29, 1.82) is 0 Å². The summed E-state index contributed by atoms with van der Waals surface area (Å²) in [5.74, 6) is -0.317. The molecule has 1 N–H and O–H groups in total. The Labute approximate surface area is 210 Å². The van der Waals surface area contributed by atoms with E-state index in [2.05, 4.69) is 5.32 Å². The van der Waals surface area contributed by atoms with Gasteiger partial charge in [0.2, 0.25) is 11.8 Å². The van der Waals surface area contributed by atoms with Crippen molar-refractivity contribution in [2.24, 2.45) is 0 Å². The second-order valence-corrected chi connectivity index (χ2v) is 9.80. The quantitative estimate of drug-likeness (QED) is 0.320. The van der Waals surface area contributed by atoms with Crippen molar-refractivity contribution in [2.45, 2.75) is 63.1 Å². The van der Waals surface area contributed by atoms with Crippen molar-refractivity contribution in [3.63, 3.8) is 0 Å². The number of methoxy groups -OCH3 is 1. The van der Waals surface area contributed by atoms with Crippen molar-refractivity contribution in [2.75, 3.05) is 32.4 Å². The van der Waals surface area contributed by atoms with Crippen LogP contribution in [-0.4, -0.2) is 84.0 Å². The van der Waals surface area contributed by atoms with Gasteiger partial charge in [-0.05, 0) is 49.7 Å². The number of amides is 2. The zero-order valence-corrected chi connectivity index (χ0v) is 21.3. The van der Waals surface area contributed by atoms with Gasteiger partial charge in [-0.1, -0.05) is 30.3 Å². The van der Waals surface area contributed by atoms with Gasteiger partial charge in [-0.2, -0.15) is 11.8 Å². The Bertz CT molecular complexity index is 883. The fourth-order valence-corrected chi connectivity index (χ4v) is 5.00. The number of nitrogens with one attached hydrogen (secondary N) is 1. The summed E-state index contributed by atoms with van der Waals surface area (Å²) in [7, 11) is 1.30. The fraction of sp³-hybridized carbons (Fsp3) is 0.600. The molecule has 0 spiro atoms. The molecule has 10 heteroatoms. The molecular weight excluding hydrogens is 470 g/mol. The molecule has 0 saturated carbocycles. The average Bonchev–Trinajstić information content (AvgIpc) is 3.53. The topological polar surface area (TPSA) is 105 Å². The molecule has 2 amide bonds. The number of likely N-dealkylation sites (tertiary alicyclic amines) is 1. The van der Waals surface area contributed by atoms with Crippen LogP contribution in [0.2, 0.25) is 0 Å². The second-order valence-electron chi connectivity index (χ2n) is 8.82. The van der Waals surface area contributed by atoms with Crippen molar-refractivity contribution < 1.29 is 28.8 Å². The number of aryl methyl sites for hydroxylation is 1. The summed E-state index contributed by atoms with van der Waals surface area (Å²) in [5.41, 5.74) is 1.02. The number of thioether (sulfide) groups is 1. The van der Waals surface area contributed by atoms with Gasteiger partial charge in [0, 0.05) is 19.4 Å². The molecule has 35 heavy (non-hydrogen) atoms. The first-order chi connectivity index (χ1) is 16.9. The Hall–Kier alpha value is -2.43. The molecule has 2 aliphatic heterocycles. The van der Waals surface area contributed by atoms with Gasteiger partial charge in [0.1, 0.15) is 6.73 Å². The van der Waals surface area contributed by atoms with E-state index in [9.17, 15) is 19.2 Å². The third kappa shape index (κ3) is 7.52. The lowest BCUT2D eigenvalue weighted by atomic mass is 10.0. The van der Waals surface area contributed by atoms with E-state index in [0.717, 1.165) is 17.0 Å². The molecule has 1 aromatic carbocycles. The fourth-order valence-electron chi connectivity index (χ4n) is 4.54. The minimum Gasteiger partial charge on any atom is -0.467 e. The molecule has 1 aromatic rings. The van der Waals surface area contributed by atoms with Gasteiger partial charge < -0.3 is 10.1 Å². The molecule has 2 fully saturated rings. The normalized spacial score (nSPS) is 20.9. The maximum absolute atomic E-state index is 13.3. The third-order valence-corrected chi connectivity index (χ3v) is 7.11. The summed E-state index contributed by atoms with van der Waals surface area (Å²) in [6.45, 7) is 0.637. The Morgan fingerprint density at radius 1 is 1.23 bits per heavy atom. The number of Topliss-reactive ketones (excluding diaryl/α,β-unsaturated/α-hetero) is 1. The van der Waals surface area contributed by atoms with E-state index in [1.54, 1.807) is 11.8 Å². The number of rotatable bonds is 13. The number of ketones is 1. The summed E-state index contributed by atoms with van der Waals surface area (Å²) in [6.07, 6.45) is 5.36. The number of esters is 1. The summed E-state index contributed by atoms with van der Waals surface area (Å²) < 4.78 is 4.98. The first kappa shape index (κ1) is 27.2. The maximum Gasteiger partial charge on any atom is 0.331 e. The molecule has 2 aliphatic rings. The monoisotopic (exact) mass is 505 g/mol. The van der Waals surface area contributed by atoms with E-state index >= 15 is 0 Å². The second kappa shape index (κ2) is 13.6. The van der Waals surface area contributed by atoms with Crippen LogP contribution in [0.1, 0.15) is 44.1 Å². The van der Waals surface area contributed by atoms with Crippen LogP contribution in [0, 0.1) is 0 Å². The molecular formula is C25H35N3O6S. The van der Waals surface area contributed by atoms with Crippen molar-refractivity contribution in [3.05, 3.63) is 35.9 Å². The molecule has 2 saturated heterocycles. The lowest BCUT2D eigenvalue weighted by Gasteiger charge is -2.32. The highest BCUT2D eigenvalue weighted by Crippen LogP contribution is 2.23. The van der Waals surface area contributed by atoms with Crippen LogP contribution in [-0.2, 0) is 35.2 Å². The summed E-state index contributed by atoms with van der Waals surface area (Å²) in [6, 6.07) is 7.92. The molecule has 9 nitrogen and oxygen atoms in total. The third-order valence-electron chi connectivity index (χ3n) is 6.46. The number of hydroxylamine groups is 2. The van der Waals surface area contributed by atoms with E-state index in [-0.39, 0.29) is 36.8 Å². The van der Waals surface area contributed by atoms with Crippen molar-refractivity contribution in [1.82, 2.24) is 15.3 Å². The van der Waals surface area contributed by atoms with E-state index < -0.39 is 18.1 Å². The minimum atomic E-state index is -0.874. The van der Waals surface area contributed by atoms with Crippen LogP contribution in [0.5, 0.6) is 0 Å². The molecule has 0 bridgehead atoms. The van der Waals surface area contributed by atoms with Crippen LogP contribution < -0.4 is 5.32 Å². The highest BCUT2D eigenvalue weighted by Gasteiger charge is 2.39. The number of carbonyl (C=O) groups is 4. The first-order valence-corrected chi connectivity index (χ1v) is 13.5. The van der Waals surface area contributed by atoms with E-state index in [1.165, 1.54) is 7.11 Å². The molecule has 0 unspecified atom stereocenters. The lowest BCUT2D eigenvalue weighted by Crippen LogP contribution is -2.50. The minimum absolute atomic E-state index is 0.000905. The van der Waals surface area contributed by atoms with E-state index in [0.29, 0.717) is 44.4 Å². The lowest BCUT2D eigenvalue weighted by molar-refractivity contribution is -0.223. The summed E-state index contributed by atoms with van der Waals surface area (Å²) in [5, 5.41) is 3.90. The van der Waals surface area contributed by atoms with E-state index in [1.807, 2.05) is 41.5 Å². The average molecular weight is 506 g/mol. The van der Waals surface area contributed by atoms with Crippen molar-refractivity contribution >= 4 is 35.3 Å². The van der Waals surface area contributed by atoms with Crippen LogP contribution in [0.25, 0.3) is 0 Å². The molecule has 3 rings (SSSR count). The Morgan fingerprint density at radius 2 is 2.00 bits per heavy atom. The van der Waals surface area contributed by atoms with Crippen molar-refractivity contribution in [3.8, 4) is 0 Å². The Kier molecular flexibility index (Phi) is 10.6. The molecule has 192 valence electrons. The zero-order chi connectivity index (χ0) is 25.2. The summed E-state index contributed by atoms with van der Waals surface area (Å²) in [4.78, 5) is 58.3. The van der Waals surface area contributed by atoms with Gasteiger partial charge in [-0.3, -0.25) is 24.1 Å². The van der Waals surface area contributed by atoms with Gasteiger partial charge in [0.05, 0.1) is 19.2 Å². The standard InChI is InChI=1S/C25H35N3O6S/c1-33-25(32)21(14-16-35-2)28(23(30)13-10-18-7-4-3-5-8-18)34-17-27-15-6-9-20(27)24(31)19-11-12-22(29)26-19/h3-5,7-8,19-21H,6,9-17H2,1-2H3,(H,26,29)/t19-,20-,21-/m0/s1. The SMILES string of the molecule is COC(=O)[C@H](CCSC)N(OCN1CCC[C@H]1C(=O)[C@@H]1CCC(=O)N1)C(=O)CCc1ccccc1. The highest BCUT2D eigenvalue weighted by molar-refractivity contribution is 7.98. The van der Waals surface area contributed by atoms with Gasteiger partial charge in [-0.15, -0.1) is 0 Å². The predicted molar refractivity (Wildman–Crippen MR) is 132 cm³/mol. The molecule has 3 atom stereocenters. The number of nitrogens with zero attached hydrogens (tertiary/aromatic N) is 2. The first-order valence-electron chi connectivity index (χ1n) is 12.1. The van der Waals surface area contributed by atoms with Crippen LogP contribution in [0.15, 0.2) is 30.3 Å². The molecule has 0 aliphatic carbocycles. The number of hydrogen-bond donors (Lipinski definition) is 1. The largest absolute Gasteiger partial charge is 0.467 e. The number of carbonyl (C=O) groups excluding carboxylic acids is 4. The van der Waals surface area contributed by atoms with Gasteiger partial charge in [0.15, 0.2) is 11.8 Å². The van der Waals surface area contributed by atoms with Crippen LogP contribution >= 0.6 is 11.8 Å². The van der Waals surface area contributed by atoms with Crippen LogP contribution in [0.4, 0.5) is 0 Å². The molecule has 2 heterocycles. The highest BCUT2D eigenvalue weighted by atomic mass is 32.2. The predicted octanol–water partition coefficient (Wildman–Crippen LogP) is 1.94. The Morgan fingerprint density at radius 3 is 2.66 bits per heavy atom. The molecule has 0 radical (unpaired) electrons. The number of benzene rings is 1. The maximum atomic E-state index is 13.3. The number of ether oxygens (including phenoxy) is 1. The number of hydrogen-bond acceptors (Lipinski definition) is 8. The van der Waals surface area contributed by atoms with Gasteiger partial charge in [0.25, 0.3) is 0 Å². The van der Waals surface area contributed by atoms with E-state index in [4.69, 9.17) is 9.57 Å². The zero-order valence-electron chi connectivity index (χ0n) is 20.4. The molecule has 0 aromatic heterocycles. The van der Waals surface area contributed by atoms with Gasteiger partial charge in [-0.25, -0.2) is 9.86 Å². The Balaban J connectivity index is 1.69. The van der Waals surface area contributed by atoms with Crippen LogP contribution in [0.3, 0.4) is 0 Å². The van der Waals surface area contributed by atoms with Gasteiger partial charge >= 0.3 is 5.97 Å².